The molecule has 0 unspecified atom stereocenters. The van der Waals surface area contributed by atoms with Crippen LogP contribution in [-0.4, -0.2) is 30.4 Å². The van der Waals surface area contributed by atoms with E-state index in [1.165, 1.54) is 6.07 Å². The van der Waals surface area contributed by atoms with E-state index in [9.17, 15) is 9.18 Å². The van der Waals surface area contributed by atoms with Crippen LogP contribution >= 0.6 is 11.6 Å². The molecule has 0 bridgehead atoms. The molecule has 2 saturated heterocycles. The van der Waals surface area contributed by atoms with Crippen molar-refractivity contribution in [3.63, 3.8) is 0 Å². The lowest BCUT2D eigenvalue weighted by Gasteiger charge is -2.28. The quantitative estimate of drug-likeness (QED) is 0.911. The monoisotopic (exact) mass is 358 g/mol. The van der Waals surface area contributed by atoms with Crippen molar-refractivity contribution in [1.29, 1.82) is 0 Å². The number of carbonyl (C=O) groups is 1. The van der Waals surface area contributed by atoms with E-state index in [0.717, 1.165) is 24.2 Å². The first kappa shape index (κ1) is 16.6. The van der Waals surface area contributed by atoms with Gasteiger partial charge in [0.15, 0.2) is 0 Å². The number of likely N-dealkylation sites (tertiary alicyclic amines) is 1. The minimum atomic E-state index is -0.259. The van der Waals surface area contributed by atoms with Crippen LogP contribution in [0, 0.1) is 17.7 Å². The lowest BCUT2D eigenvalue weighted by atomic mass is 9.89. The lowest BCUT2D eigenvalue weighted by Crippen LogP contribution is -2.35. The van der Waals surface area contributed by atoms with Crippen molar-refractivity contribution in [2.24, 2.45) is 11.8 Å². The van der Waals surface area contributed by atoms with Crippen molar-refractivity contribution in [2.75, 3.05) is 19.6 Å². The zero-order valence-corrected chi connectivity index (χ0v) is 14.5. The maximum atomic E-state index is 13.8. The van der Waals surface area contributed by atoms with E-state index in [2.05, 4.69) is 5.32 Å². The summed E-state index contributed by atoms with van der Waals surface area (Å²) in [6.45, 7) is 2.48. The molecule has 0 spiro atoms. The highest BCUT2D eigenvalue weighted by Crippen LogP contribution is 2.43. The van der Waals surface area contributed by atoms with Gasteiger partial charge in [-0.15, -0.1) is 0 Å². The minimum Gasteiger partial charge on any atom is -0.335 e. The van der Waals surface area contributed by atoms with Crippen molar-refractivity contribution >= 4 is 17.5 Å². The van der Waals surface area contributed by atoms with Gasteiger partial charge in [0.2, 0.25) is 5.91 Å². The van der Waals surface area contributed by atoms with Gasteiger partial charge in [-0.3, -0.25) is 4.79 Å². The molecule has 0 aromatic heterocycles. The maximum absolute atomic E-state index is 13.8. The highest BCUT2D eigenvalue weighted by molar-refractivity contribution is 6.31. The van der Waals surface area contributed by atoms with Gasteiger partial charge in [-0.2, -0.15) is 0 Å². The molecule has 3 nitrogen and oxygen atoms in total. The van der Waals surface area contributed by atoms with Crippen molar-refractivity contribution in [3.05, 3.63) is 70.5 Å². The molecule has 2 fully saturated rings. The van der Waals surface area contributed by atoms with Crippen LogP contribution in [0.4, 0.5) is 4.39 Å². The van der Waals surface area contributed by atoms with E-state index in [0.29, 0.717) is 23.4 Å². The molecule has 0 saturated carbocycles. The van der Waals surface area contributed by atoms with Crippen LogP contribution in [0.5, 0.6) is 0 Å². The summed E-state index contributed by atoms with van der Waals surface area (Å²) in [7, 11) is 0. The number of rotatable bonds is 3. The third kappa shape index (κ3) is 3.16. The van der Waals surface area contributed by atoms with E-state index >= 15 is 0 Å². The number of halogens is 2. The molecule has 1 N–H and O–H groups in total. The molecular weight excluding hydrogens is 339 g/mol. The molecule has 2 heterocycles. The summed E-state index contributed by atoms with van der Waals surface area (Å²) in [4.78, 5) is 14.9. The molecule has 1 amide bonds. The maximum Gasteiger partial charge on any atom is 0.227 e. The summed E-state index contributed by atoms with van der Waals surface area (Å²) in [5.41, 5.74) is 1.71. The molecule has 0 aliphatic carbocycles. The first-order valence-corrected chi connectivity index (χ1v) is 9.00. The van der Waals surface area contributed by atoms with Gasteiger partial charge in [0.25, 0.3) is 0 Å². The average Bonchev–Trinajstić information content (AvgIpc) is 3.17. The lowest BCUT2D eigenvalue weighted by molar-refractivity contribution is -0.131. The Hall–Kier alpha value is -1.91. The summed E-state index contributed by atoms with van der Waals surface area (Å²) >= 11 is 6.21. The van der Waals surface area contributed by atoms with Crippen molar-refractivity contribution in [1.82, 2.24) is 10.2 Å². The molecule has 0 radical (unpaired) electrons. The number of hydrogen-bond acceptors (Lipinski definition) is 2. The SMILES string of the molecule is O=C(Cc1ccccc1Cl)N1C[C@@H]2CNC[C@@H]2[C@@H]1c1cccc(F)c1. The number of fused-ring (bicyclic) bond motifs is 1. The predicted octanol–water partition coefficient (Wildman–Crippen LogP) is 3.44. The van der Waals surface area contributed by atoms with Crippen LogP contribution in [0.15, 0.2) is 48.5 Å². The smallest absolute Gasteiger partial charge is 0.227 e. The second kappa shape index (κ2) is 6.77. The number of carbonyl (C=O) groups excluding carboxylic acids is 1. The minimum absolute atomic E-state index is 0.0526. The van der Waals surface area contributed by atoms with E-state index in [1.54, 1.807) is 18.2 Å². The Morgan fingerprint density at radius 2 is 2.04 bits per heavy atom. The highest BCUT2D eigenvalue weighted by Gasteiger charge is 2.46. The number of nitrogens with zero attached hydrogens (tertiary/aromatic N) is 1. The Kier molecular flexibility index (Phi) is 4.48. The zero-order valence-electron chi connectivity index (χ0n) is 13.8. The molecule has 2 aromatic carbocycles. The zero-order chi connectivity index (χ0) is 17.4. The van der Waals surface area contributed by atoms with Gasteiger partial charge in [0.1, 0.15) is 5.82 Å². The number of amides is 1. The number of benzene rings is 2. The fourth-order valence-corrected chi connectivity index (χ4v) is 4.40. The molecule has 3 atom stereocenters. The summed E-state index contributed by atoms with van der Waals surface area (Å²) in [6, 6.07) is 14.0. The standard InChI is InChI=1S/C20H20ClFN2O/c21-18-7-2-1-4-13(18)9-19(25)24-12-15-10-23-11-17(15)20(24)14-5-3-6-16(22)8-14/h1-8,15,17,20,23H,9-12H2/t15-,17-,20-/m0/s1. The largest absolute Gasteiger partial charge is 0.335 e. The Labute approximate surface area is 151 Å². The second-order valence-corrected chi connectivity index (χ2v) is 7.30. The second-order valence-electron chi connectivity index (χ2n) is 6.90. The van der Waals surface area contributed by atoms with Crippen LogP contribution in [0.1, 0.15) is 17.2 Å². The van der Waals surface area contributed by atoms with Crippen molar-refractivity contribution in [2.45, 2.75) is 12.5 Å². The molecular formula is C20H20ClFN2O. The first-order chi connectivity index (χ1) is 12.1. The topological polar surface area (TPSA) is 32.3 Å². The molecule has 5 heteroatoms. The van der Waals surface area contributed by atoms with Gasteiger partial charge in [-0.1, -0.05) is 41.9 Å². The van der Waals surface area contributed by atoms with Crippen LogP contribution in [0.3, 0.4) is 0 Å². The Balaban J connectivity index is 1.63. The normalized spacial score (nSPS) is 25.2. The predicted molar refractivity (Wildman–Crippen MR) is 95.9 cm³/mol. The fraction of sp³-hybridized carbons (Fsp3) is 0.350. The highest BCUT2D eigenvalue weighted by atomic mass is 35.5. The molecule has 2 aliphatic heterocycles. The van der Waals surface area contributed by atoms with Crippen molar-refractivity contribution in [3.8, 4) is 0 Å². The van der Waals surface area contributed by atoms with Crippen LogP contribution in [0.25, 0.3) is 0 Å². The number of hydrogen-bond donors (Lipinski definition) is 1. The third-order valence-corrected chi connectivity index (χ3v) is 5.74. The van der Waals surface area contributed by atoms with Gasteiger partial charge in [-0.25, -0.2) is 4.39 Å². The molecule has 25 heavy (non-hydrogen) atoms. The summed E-state index contributed by atoms with van der Waals surface area (Å²) < 4.78 is 13.8. The van der Waals surface area contributed by atoms with E-state index in [4.69, 9.17) is 11.6 Å². The van der Waals surface area contributed by atoms with Crippen LogP contribution in [0.2, 0.25) is 5.02 Å². The molecule has 2 aliphatic rings. The van der Waals surface area contributed by atoms with E-state index in [-0.39, 0.29) is 24.2 Å². The summed E-state index contributed by atoms with van der Waals surface area (Å²) in [5, 5.41) is 4.01. The van der Waals surface area contributed by atoms with Crippen LogP contribution in [-0.2, 0) is 11.2 Å². The van der Waals surface area contributed by atoms with Gasteiger partial charge >= 0.3 is 0 Å². The average molecular weight is 359 g/mol. The van der Waals surface area contributed by atoms with Gasteiger partial charge < -0.3 is 10.2 Å². The molecule has 4 rings (SSSR count). The van der Waals surface area contributed by atoms with E-state index < -0.39 is 0 Å². The van der Waals surface area contributed by atoms with Crippen molar-refractivity contribution < 1.29 is 9.18 Å². The van der Waals surface area contributed by atoms with Gasteiger partial charge in [0, 0.05) is 30.6 Å². The Bertz CT molecular complexity index is 797. The summed E-state index contributed by atoms with van der Waals surface area (Å²) in [6.07, 6.45) is 0.276. The molecule has 2 aromatic rings. The van der Waals surface area contributed by atoms with Crippen LogP contribution < -0.4 is 5.32 Å². The summed E-state index contributed by atoms with van der Waals surface area (Å²) in [5.74, 6) is 0.544. The fourth-order valence-electron chi connectivity index (χ4n) is 4.20. The van der Waals surface area contributed by atoms with E-state index in [1.807, 2.05) is 29.2 Å². The Morgan fingerprint density at radius 1 is 1.20 bits per heavy atom. The third-order valence-electron chi connectivity index (χ3n) is 5.37. The molecule has 130 valence electrons. The first-order valence-electron chi connectivity index (χ1n) is 8.62. The van der Waals surface area contributed by atoms with Gasteiger partial charge in [0.05, 0.1) is 12.5 Å². The number of nitrogens with one attached hydrogen (secondary N) is 1. The Morgan fingerprint density at radius 3 is 2.84 bits per heavy atom. The van der Waals surface area contributed by atoms with Gasteiger partial charge in [-0.05, 0) is 35.2 Å².